The van der Waals surface area contributed by atoms with Crippen LogP contribution in [0.15, 0.2) is 18.2 Å². The van der Waals surface area contributed by atoms with Crippen molar-refractivity contribution in [2.45, 2.75) is 51.1 Å². The molecule has 0 saturated heterocycles. The van der Waals surface area contributed by atoms with Crippen LogP contribution in [-0.2, 0) is 11.2 Å². The Kier molecular flexibility index (Phi) is 6.91. The molecule has 1 aliphatic carbocycles. The first kappa shape index (κ1) is 18.6. The number of amides is 1. The molecule has 1 fully saturated rings. The third-order valence-corrected chi connectivity index (χ3v) is 4.94. The van der Waals surface area contributed by atoms with Gasteiger partial charge in [0.1, 0.15) is 0 Å². The van der Waals surface area contributed by atoms with Gasteiger partial charge in [-0.2, -0.15) is 0 Å². The number of rotatable bonds is 8. The Hall–Kier alpha value is -1.75. The van der Waals surface area contributed by atoms with E-state index in [1.807, 2.05) is 32.2 Å². The fourth-order valence-corrected chi connectivity index (χ4v) is 3.13. The third kappa shape index (κ3) is 4.87. The molecule has 134 valence electrons. The Bertz CT molecular complexity index is 541. The number of ether oxygens (including phenoxy) is 2. The van der Waals surface area contributed by atoms with Gasteiger partial charge in [0.2, 0.25) is 5.91 Å². The van der Waals surface area contributed by atoms with Crippen LogP contribution in [0.4, 0.5) is 0 Å². The molecule has 1 aromatic rings. The number of hydrogen-bond donors (Lipinski definition) is 1. The van der Waals surface area contributed by atoms with Gasteiger partial charge in [0.15, 0.2) is 11.5 Å². The van der Waals surface area contributed by atoms with Gasteiger partial charge >= 0.3 is 0 Å². The lowest BCUT2D eigenvalue weighted by Crippen LogP contribution is -2.46. The molecule has 1 amide bonds. The summed E-state index contributed by atoms with van der Waals surface area (Å²) in [6.45, 7) is 2.79. The quantitative estimate of drug-likeness (QED) is 0.794. The minimum Gasteiger partial charge on any atom is -0.493 e. The molecular weight excluding hydrogens is 304 g/mol. The average molecular weight is 334 g/mol. The maximum Gasteiger partial charge on any atom is 0.237 e. The number of carbonyl (C=O) groups excluding carboxylic acids is 1. The Labute approximate surface area is 145 Å². The number of nitrogens with zero attached hydrogens (tertiary/aromatic N) is 1. The van der Waals surface area contributed by atoms with Gasteiger partial charge in [-0.3, -0.25) is 9.69 Å². The molecule has 0 radical (unpaired) electrons. The zero-order chi connectivity index (χ0) is 17.5. The van der Waals surface area contributed by atoms with Crippen molar-refractivity contribution in [3.63, 3.8) is 0 Å². The van der Waals surface area contributed by atoms with Gasteiger partial charge in [0.05, 0.1) is 20.3 Å². The number of methoxy groups -OCH3 is 2. The highest BCUT2D eigenvalue weighted by Crippen LogP contribution is 2.27. The first-order valence-corrected chi connectivity index (χ1v) is 8.76. The van der Waals surface area contributed by atoms with Crippen LogP contribution in [0.5, 0.6) is 11.5 Å². The topological polar surface area (TPSA) is 50.8 Å². The molecule has 24 heavy (non-hydrogen) atoms. The lowest BCUT2D eigenvalue weighted by Gasteiger charge is -2.25. The molecule has 0 aliphatic heterocycles. The molecular formula is C19H30N2O3. The van der Waals surface area contributed by atoms with Gasteiger partial charge in [0.25, 0.3) is 0 Å². The zero-order valence-corrected chi connectivity index (χ0v) is 15.3. The first-order chi connectivity index (χ1) is 11.5. The summed E-state index contributed by atoms with van der Waals surface area (Å²) in [7, 11) is 5.28. The van der Waals surface area contributed by atoms with E-state index in [-0.39, 0.29) is 11.9 Å². The molecule has 5 heteroatoms. The van der Waals surface area contributed by atoms with Gasteiger partial charge in [0, 0.05) is 12.6 Å². The fraction of sp³-hybridized carbons (Fsp3) is 0.632. The number of nitrogens with one attached hydrogen (secondary N) is 1. The van der Waals surface area contributed by atoms with Crippen LogP contribution in [-0.4, -0.2) is 50.7 Å². The predicted molar refractivity (Wildman–Crippen MR) is 95.7 cm³/mol. The van der Waals surface area contributed by atoms with Gasteiger partial charge < -0.3 is 14.8 Å². The predicted octanol–water partition coefficient (Wildman–Crippen LogP) is 2.63. The Morgan fingerprint density at radius 2 is 1.92 bits per heavy atom. The molecule has 1 saturated carbocycles. The van der Waals surface area contributed by atoms with Crippen LogP contribution in [0.25, 0.3) is 0 Å². The highest BCUT2D eigenvalue weighted by molar-refractivity contribution is 5.81. The molecule has 0 heterocycles. The first-order valence-electron chi connectivity index (χ1n) is 8.76. The molecule has 1 atom stereocenters. The average Bonchev–Trinajstić information content (AvgIpc) is 3.11. The monoisotopic (exact) mass is 334 g/mol. The van der Waals surface area contributed by atoms with Crippen LogP contribution < -0.4 is 14.8 Å². The van der Waals surface area contributed by atoms with E-state index in [0.717, 1.165) is 37.3 Å². The van der Waals surface area contributed by atoms with E-state index in [9.17, 15) is 4.79 Å². The lowest BCUT2D eigenvalue weighted by atomic mass is 10.1. The van der Waals surface area contributed by atoms with E-state index in [0.29, 0.717) is 6.04 Å². The Morgan fingerprint density at radius 1 is 1.25 bits per heavy atom. The summed E-state index contributed by atoms with van der Waals surface area (Å²) in [4.78, 5) is 14.4. The molecule has 1 aromatic carbocycles. The number of likely N-dealkylation sites (N-methyl/N-ethyl adjacent to an activating group) is 1. The van der Waals surface area contributed by atoms with E-state index >= 15 is 0 Å². The minimum atomic E-state index is -0.120. The number of benzene rings is 1. The molecule has 0 bridgehead atoms. The van der Waals surface area contributed by atoms with Gasteiger partial charge in [-0.05, 0) is 50.9 Å². The number of hydrogen-bond acceptors (Lipinski definition) is 4. The van der Waals surface area contributed by atoms with Crippen LogP contribution in [0.3, 0.4) is 0 Å². The van der Waals surface area contributed by atoms with Crippen LogP contribution in [0.1, 0.15) is 38.2 Å². The second-order valence-electron chi connectivity index (χ2n) is 6.59. The molecule has 1 aliphatic rings. The SMILES string of the molecule is COc1ccc(CCN(C)[C@@H](C)C(=O)NC2CCCC2)cc1OC. The van der Waals surface area contributed by atoms with Crippen molar-refractivity contribution >= 4 is 5.91 Å². The lowest BCUT2D eigenvalue weighted by molar-refractivity contribution is -0.126. The van der Waals surface area contributed by atoms with Gasteiger partial charge in [-0.15, -0.1) is 0 Å². The van der Waals surface area contributed by atoms with Crippen molar-refractivity contribution in [1.82, 2.24) is 10.2 Å². The summed E-state index contributed by atoms with van der Waals surface area (Å²) in [5.41, 5.74) is 1.17. The molecule has 0 aromatic heterocycles. The van der Waals surface area contributed by atoms with E-state index in [1.165, 1.54) is 18.4 Å². The van der Waals surface area contributed by atoms with Crippen LogP contribution in [0, 0.1) is 0 Å². The summed E-state index contributed by atoms with van der Waals surface area (Å²) in [6, 6.07) is 6.21. The second kappa shape index (κ2) is 8.92. The highest BCUT2D eigenvalue weighted by atomic mass is 16.5. The van der Waals surface area contributed by atoms with E-state index in [1.54, 1.807) is 14.2 Å². The van der Waals surface area contributed by atoms with Crippen molar-refractivity contribution in [2.75, 3.05) is 27.8 Å². The van der Waals surface area contributed by atoms with Crippen molar-refractivity contribution < 1.29 is 14.3 Å². The van der Waals surface area contributed by atoms with Gasteiger partial charge in [-0.1, -0.05) is 18.9 Å². The molecule has 1 N–H and O–H groups in total. The molecule has 0 unspecified atom stereocenters. The van der Waals surface area contributed by atoms with E-state index < -0.39 is 0 Å². The maximum atomic E-state index is 12.3. The largest absolute Gasteiger partial charge is 0.493 e. The summed E-state index contributed by atoms with van der Waals surface area (Å²) >= 11 is 0. The van der Waals surface area contributed by atoms with E-state index in [2.05, 4.69) is 10.2 Å². The third-order valence-electron chi connectivity index (χ3n) is 4.94. The zero-order valence-electron chi connectivity index (χ0n) is 15.3. The fourth-order valence-electron chi connectivity index (χ4n) is 3.13. The Morgan fingerprint density at radius 3 is 2.54 bits per heavy atom. The van der Waals surface area contributed by atoms with Gasteiger partial charge in [-0.25, -0.2) is 0 Å². The van der Waals surface area contributed by atoms with Crippen molar-refractivity contribution in [2.24, 2.45) is 0 Å². The molecule has 5 nitrogen and oxygen atoms in total. The summed E-state index contributed by atoms with van der Waals surface area (Å²) < 4.78 is 10.6. The molecule has 0 spiro atoms. The summed E-state index contributed by atoms with van der Waals surface area (Å²) in [5.74, 6) is 1.61. The van der Waals surface area contributed by atoms with Crippen molar-refractivity contribution in [3.8, 4) is 11.5 Å². The van der Waals surface area contributed by atoms with E-state index in [4.69, 9.17) is 9.47 Å². The van der Waals surface area contributed by atoms with Crippen molar-refractivity contribution in [1.29, 1.82) is 0 Å². The minimum absolute atomic E-state index is 0.120. The summed E-state index contributed by atoms with van der Waals surface area (Å²) in [6.07, 6.45) is 5.56. The Balaban J connectivity index is 1.85. The number of carbonyl (C=O) groups is 1. The molecule has 2 rings (SSSR count). The standard InChI is InChI=1S/C19H30N2O3/c1-14(19(22)20-16-7-5-6-8-16)21(2)12-11-15-9-10-17(23-3)18(13-15)24-4/h9-10,13-14,16H,5-8,11-12H2,1-4H3,(H,20,22)/t14-/m0/s1. The maximum absolute atomic E-state index is 12.3. The second-order valence-corrected chi connectivity index (χ2v) is 6.59. The summed E-state index contributed by atoms with van der Waals surface area (Å²) in [5, 5.41) is 3.17. The highest BCUT2D eigenvalue weighted by Gasteiger charge is 2.22. The normalized spacial score (nSPS) is 16.2. The smallest absolute Gasteiger partial charge is 0.237 e. The van der Waals surface area contributed by atoms with Crippen LogP contribution >= 0.6 is 0 Å². The van der Waals surface area contributed by atoms with Crippen molar-refractivity contribution in [3.05, 3.63) is 23.8 Å². The van der Waals surface area contributed by atoms with Crippen LogP contribution in [0.2, 0.25) is 0 Å².